The van der Waals surface area contributed by atoms with Crippen molar-refractivity contribution in [3.8, 4) is 11.3 Å². The van der Waals surface area contributed by atoms with Gasteiger partial charge in [0.15, 0.2) is 5.76 Å². The minimum atomic E-state index is 0.101. The normalized spacial score (nSPS) is 12.2. The summed E-state index contributed by atoms with van der Waals surface area (Å²) in [5, 5.41) is 4.31. The molecule has 4 rings (SSSR count). The molecule has 25 heavy (non-hydrogen) atoms. The molecule has 0 saturated heterocycles. The minimum absolute atomic E-state index is 0.101. The lowest BCUT2D eigenvalue weighted by Gasteiger charge is -2.12. The van der Waals surface area contributed by atoms with E-state index < -0.39 is 0 Å². The van der Waals surface area contributed by atoms with Crippen LogP contribution in [0.2, 0.25) is 0 Å². The number of pyridine rings is 1. The van der Waals surface area contributed by atoms with Gasteiger partial charge in [-0.2, -0.15) is 0 Å². The number of rotatable bonds is 5. The summed E-state index contributed by atoms with van der Waals surface area (Å²) in [7, 11) is 0. The Morgan fingerprint density at radius 1 is 1.08 bits per heavy atom. The van der Waals surface area contributed by atoms with Crippen LogP contribution in [0.15, 0.2) is 77.7 Å². The number of H-pyrrole nitrogens is 1. The highest BCUT2D eigenvalue weighted by Gasteiger charge is 2.21. The highest BCUT2D eigenvalue weighted by atomic mass is 16.5. The summed E-state index contributed by atoms with van der Waals surface area (Å²) in [5.74, 6) is 1.17. The van der Waals surface area contributed by atoms with Crippen molar-refractivity contribution in [3.05, 3.63) is 90.0 Å². The van der Waals surface area contributed by atoms with Gasteiger partial charge < -0.3 is 15.2 Å². The lowest BCUT2D eigenvalue weighted by atomic mass is 9.90. The molecule has 0 aliphatic carbocycles. The van der Waals surface area contributed by atoms with Crippen LogP contribution in [0.1, 0.15) is 22.7 Å². The van der Waals surface area contributed by atoms with Crippen molar-refractivity contribution in [1.82, 2.24) is 15.1 Å². The van der Waals surface area contributed by atoms with Crippen LogP contribution < -0.4 is 5.73 Å². The Kier molecular flexibility index (Phi) is 4.04. The van der Waals surface area contributed by atoms with Crippen molar-refractivity contribution in [2.75, 3.05) is 5.73 Å². The van der Waals surface area contributed by atoms with Crippen molar-refractivity contribution in [1.29, 1.82) is 0 Å². The van der Waals surface area contributed by atoms with Crippen LogP contribution in [0.25, 0.3) is 11.3 Å². The van der Waals surface area contributed by atoms with Gasteiger partial charge in [-0.3, -0.25) is 0 Å². The first-order chi connectivity index (χ1) is 12.3. The van der Waals surface area contributed by atoms with Crippen molar-refractivity contribution >= 4 is 5.82 Å². The molecular weight excluding hydrogens is 312 g/mol. The third-order valence-electron chi connectivity index (χ3n) is 4.30. The Morgan fingerprint density at radius 3 is 2.72 bits per heavy atom. The maximum absolute atomic E-state index is 5.95. The zero-order valence-corrected chi connectivity index (χ0v) is 13.6. The highest BCUT2D eigenvalue weighted by Crippen LogP contribution is 2.32. The second-order valence-corrected chi connectivity index (χ2v) is 5.94. The number of nitrogens with one attached hydrogen (secondary N) is 1. The van der Waals surface area contributed by atoms with Crippen LogP contribution in [-0.2, 0) is 6.42 Å². The average molecular weight is 330 g/mol. The molecule has 0 saturated carbocycles. The van der Waals surface area contributed by atoms with Gasteiger partial charge in [0.05, 0.1) is 11.3 Å². The summed E-state index contributed by atoms with van der Waals surface area (Å²) < 4.78 is 5.57. The Morgan fingerprint density at radius 2 is 1.96 bits per heavy atom. The number of benzene rings is 1. The highest BCUT2D eigenvalue weighted by molar-refractivity contribution is 5.69. The van der Waals surface area contributed by atoms with E-state index in [1.54, 1.807) is 6.20 Å². The molecule has 3 aromatic heterocycles. The van der Waals surface area contributed by atoms with E-state index in [2.05, 4.69) is 33.3 Å². The Balaban J connectivity index is 1.70. The Labute approximate surface area is 145 Å². The maximum atomic E-state index is 5.95. The number of aromatic amines is 1. The number of anilines is 1. The molecule has 124 valence electrons. The van der Waals surface area contributed by atoms with E-state index in [9.17, 15) is 0 Å². The number of nitrogen functional groups attached to an aromatic ring is 1. The summed E-state index contributed by atoms with van der Waals surface area (Å²) in [6, 6.07) is 18.1. The molecule has 0 amide bonds. The molecule has 1 atom stereocenters. The van der Waals surface area contributed by atoms with Crippen molar-refractivity contribution < 1.29 is 4.52 Å². The van der Waals surface area contributed by atoms with Crippen molar-refractivity contribution in [2.45, 2.75) is 12.3 Å². The van der Waals surface area contributed by atoms with Crippen molar-refractivity contribution in [3.63, 3.8) is 0 Å². The molecule has 0 aliphatic heterocycles. The monoisotopic (exact) mass is 330 g/mol. The number of aromatic nitrogens is 3. The standard InChI is InChI=1S/C20H18N4O/c21-20-16(7-4-9-23-20)19-12-18(24-25-19)17(15-8-10-22-13-15)11-14-5-2-1-3-6-14/h1-10,12-13,17,22H,11H2,(H2,21,23). The number of hydrogen-bond acceptors (Lipinski definition) is 4. The largest absolute Gasteiger partial charge is 0.383 e. The van der Waals surface area contributed by atoms with Gasteiger partial charge >= 0.3 is 0 Å². The summed E-state index contributed by atoms with van der Waals surface area (Å²) in [6.45, 7) is 0. The van der Waals surface area contributed by atoms with Gasteiger partial charge in [-0.15, -0.1) is 0 Å². The summed E-state index contributed by atoms with van der Waals surface area (Å²) in [6.07, 6.45) is 6.43. The third-order valence-corrected chi connectivity index (χ3v) is 4.30. The molecule has 5 heteroatoms. The molecule has 0 radical (unpaired) electrons. The van der Waals surface area contributed by atoms with E-state index in [1.807, 2.05) is 48.8 Å². The van der Waals surface area contributed by atoms with Gasteiger partial charge in [-0.1, -0.05) is 35.5 Å². The second kappa shape index (κ2) is 6.65. The topological polar surface area (TPSA) is 80.7 Å². The number of hydrogen-bond donors (Lipinski definition) is 2. The van der Waals surface area contributed by atoms with E-state index in [-0.39, 0.29) is 5.92 Å². The molecule has 3 heterocycles. The molecule has 0 fully saturated rings. The van der Waals surface area contributed by atoms with Gasteiger partial charge in [-0.05, 0) is 35.7 Å². The van der Waals surface area contributed by atoms with Crippen LogP contribution >= 0.6 is 0 Å². The van der Waals surface area contributed by atoms with Crippen LogP contribution in [0.4, 0.5) is 5.82 Å². The van der Waals surface area contributed by atoms with Gasteiger partial charge in [0.25, 0.3) is 0 Å². The van der Waals surface area contributed by atoms with Gasteiger partial charge in [-0.25, -0.2) is 4.98 Å². The predicted molar refractivity (Wildman–Crippen MR) is 96.9 cm³/mol. The first kappa shape index (κ1) is 15.2. The molecule has 4 aromatic rings. The van der Waals surface area contributed by atoms with E-state index in [1.165, 1.54) is 11.1 Å². The van der Waals surface area contributed by atoms with Gasteiger partial charge in [0.1, 0.15) is 5.82 Å². The third kappa shape index (κ3) is 3.17. The van der Waals surface area contributed by atoms with Crippen LogP contribution in [0.3, 0.4) is 0 Å². The lowest BCUT2D eigenvalue weighted by molar-refractivity contribution is 0.419. The van der Waals surface area contributed by atoms with E-state index in [0.717, 1.165) is 17.7 Å². The van der Waals surface area contributed by atoms with Gasteiger partial charge in [0, 0.05) is 30.6 Å². The minimum Gasteiger partial charge on any atom is -0.383 e. The summed E-state index contributed by atoms with van der Waals surface area (Å²) in [5.41, 5.74) is 10.0. The quantitative estimate of drug-likeness (QED) is 0.579. The zero-order valence-electron chi connectivity index (χ0n) is 13.6. The van der Waals surface area contributed by atoms with Crippen LogP contribution in [0, 0.1) is 0 Å². The zero-order chi connectivity index (χ0) is 17.1. The Hall–Kier alpha value is -3.34. The predicted octanol–water partition coefficient (Wildman–Crippen LogP) is 4.02. The second-order valence-electron chi connectivity index (χ2n) is 5.94. The maximum Gasteiger partial charge on any atom is 0.170 e. The fourth-order valence-corrected chi connectivity index (χ4v) is 3.00. The SMILES string of the molecule is Nc1ncccc1-c1cc(C(Cc2ccccc2)c2cc[nH]c2)no1. The summed E-state index contributed by atoms with van der Waals surface area (Å²) >= 11 is 0. The van der Waals surface area contributed by atoms with Crippen molar-refractivity contribution in [2.24, 2.45) is 0 Å². The molecule has 5 nitrogen and oxygen atoms in total. The van der Waals surface area contributed by atoms with Gasteiger partial charge in [0.2, 0.25) is 0 Å². The van der Waals surface area contributed by atoms with E-state index in [4.69, 9.17) is 10.3 Å². The number of nitrogens with two attached hydrogens (primary N) is 1. The molecule has 0 spiro atoms. The van der Waals surface area contributed by atoms with Crippen LogP contribution in [0.5, 0.6) is 0 Å². The molecule has 1 unspecified atom stereocenters. The smallest absolute Gasteiger partial charge is 0.170 e. The lowest BCUT2D eigenvalue weighted by Crippen LogP contribution is -2.04. The van der Waals surface area contributed by atoms with E-state index >= 15 is 0 Å². The summed E-state index contributed by atoms with van der Waals surface area (Å²) in [4.78, 5) is 7.24. The average Bonchev–Trinajstić information content (AvgIpc) is 3.33. The first-order valence-electron chi connectivity index (χ1n) is 8.15. The molecule has 1 aromatic carbocycles. The first-order valence-corrected chi connectivity index (χ1v) is 8.15. The molecule has 0 aliphatic rings. The van der Waals surface area contributed by atoms with E-state index in [0.29, 0.717) is 11.6 Å². The Bertz CT molecular complexity index is 945. The van der Waals surface area contributed by atoms with Crippen LogP contribution in [-0.4, -0.2) is 15.1 Å². The molecule has 3 N–H and O–H groups in total. The molecule has 0 bridgehead atoms. The fraction of sp³-hybridized carbons (Fsp3) is 0.100. The number of nitrogens with zero attached hydrogens (tertiary/aromatic N) is 2. The molecular formula is C20H18N4O. The fourth-order valence-electron chi connectivity index (χ4n) is 3.00.